The Kier molecular flexibility index (Phi) is 6.54. The fourth-order valence-electron chi connectivity index (χ4n) is 2.44. The van der Waals surface area contributed by atoms with E-state index in [-0.39, 0.29) is 18.0 Å². The Bertz CT molecular complexity index is 776. The normalized spacial score (nSPS) is 12.6. The Morgan fingerprint density at radius 1 is 1.16 bits per heavy atom. The van der Waals surface area contributed by atoms with E-state index in [4.69, 9.17) is 4.74 Å². The van der Waals surface area contributed by atoms with Crippen molar-refractivity contribution in [2.45, 2.75) is 19.4 Å². The van der Waals surface area contributed by atoms with Gasteiger partial charge in [0, 0.05) is 12.0 Å². The highest BCUT2D eigenvalue weighted by Gasteiger charge is 2.09. The van der Waals surface area contributed by atoms with Crippen molar-refractivity contribution < 1.29 is 19.7 Å². The Labute approximate surface area is 147 Å². The number of aliphatic hydroxyl groups is 1. The molecular weight excluding hydrogens is 316 g/mol. The Morgan fingerprint density at radius 3 is 2.56 bits per heavy atom. The number of carbonyl (C=O) groups is 1. The number of methoxy groups -OCH3 is 1. The number of aromatic hydroxyl groups is 1. The number of hydrogen-bond donors (Lipinski definition) is 2. The summed E-state index contributed by atoms with van der Waals surface area (Å²) in [6, 6.07) is 12.8. The smallest absolute Gasteiger partial charge is 0.163 e. The van der Waals surface area contributed by atoms with Gasteiger partial charge in [-0.05, 0) is 30.2 Å². The molecule has 0 aromatic heterocycles. The quantitative estimate of drug-likeness (QED) is 0.755. The number of rotatable bonds is 7. The van der Waals surface area contributed by atoms with Crippen molar-refractivity contribution in [1.82, 2.24) is 0 Å². The molecular formula is C21H22O4. The number of allylic oxidation sites excluding steroid dienone is 1. The molecule has 0 saturated heterocycles. The molecule has 130 valence electrons. The molecule has 25 heavy (non-hydrogen) atoms. The van der Waals surface area contributed by atoms with Gasteiger partial charge in [0.25, 0.3) is 0 Å². The van der Waals surface area contributed by atoms with Crippen LogP contribution in [0.2, 0.25) is 0 Å². The van der Waals surface area contributed by atoms with E-state index in [1.165, 1.54) is 19.3 Å². The summed E-state index contributed by atoms with van der Waals surface area (Å²) in [6.45, 7) is 1.82. The second-order valence-electron chi connectivity index (χ2n) is 5.67. The first-order chi connectivity index (χ1) is 12.0. The van der Waals surface area contributed by atoms with Crippen LogP contribution in [-0.4, -0.2) is 29.2 Å². The summed E-state index contributed by atoms with van der Waals surface area (Å²) in [6.07, 6.45) is 5.61. The molecule has 2 rings (SSSR count). The van der Waals surface area contributed by atoms with Gasteiger partial charge in [0.15, 0.2) is 17.3 Å². The first-order valence-electron chi connectivity index (χ1n) is 8.00. The summed E-state index contributed by atoms with van der Waals surface area (Å²) in [5.41, 5.74) is 2.51. The second kappa shape index (κ2) is 8.85. The molecule has 0 amide bonds. The van der Waals surface area contributed by atoms with Gasteiger partial charge in [-0.25, -0.2) is 0 Å². The van der Waals surface area contributed by atoms with Gasteiger partial charge in [0.1, 0.15) is 0 Å². The minimum Gasteiger partial charge on any atom is -0.504 e. The fourth-order valence-corrected chi connectivity index (χ4v) is 2.44. The highest BCUT2D eigenvalue weighted by Crippen LogP contribution is 2.32. The number of ether oxygens (including phenoxy) is 1. The second-order valence-corrected chi connectivity index (χ2v) is 5.67. The predicted octanol–water partition coefficient (Wildman–Crippen LogP) is 3.76. The van der Waals surface area contributed by atoms with Gasteiger partial charge in [0.2, 0.25) is 0 Å². The molecule has 0 aliphatic heterocycles. The lowest BCUT2D eigenvalue weighted by molar-refractivity contribution is -0.115. The number of benzene rings is 2. The van der Waals surface area contributed by atoms with Crippen LogP contribution in [-0.2, 0) is 4.79 Å². The molecule has 2 aromatic carbocycles. The molecule has 0 fully saturated rings. The standard InChI is InChI=1S/C21H22O4/c1-15-17(10-13-20(24)21(15)25-2)9-12-19(23)14-18(22)11-8-16-6-4-3-5-7-16/h3-13,19,23-24H,14H2,1-2H3/b11-8+,12-9+. The fraction of sp³-hybridized carbons (Fsp3) is 0.190. The predicted molar refractivity (Wildman–Crippen MR) is 99.5 cm³/mol. The van der Waals surface area contributed by atoms with Crippen LogP contribution < -0.4 is 4.74 Å². The first-order valence-corrected chi connectivity index (χ1v) is 8.00. The van der Waals surface area contributed by atoms with Crippen LogP contribution >= 0.6 is 0 Å². The van der Waals surface area contributed by atoms with E-state index in [9.17, 15) is 15.0 Å². The van der Waals surface area contributed by atoms with E-state index in [1.54, 1.807) is 24.3 Å². The first kappa shape index (κ1) is 18.5. The molecule has 4 heteroatoms. The van der Waals surface area contributed by atoms with Gasteiger partial charge >= 0.3 is 0 Å². The highest BCUT2D eigenvalue weighted by atomic mass is 16.5. The zero-order valence-electron chi connectivity index (χ0n) is 14.3. The lowest BCUT2D eigenvalue weighted by Gasteiger charge is -2.10. The van der Waals surface area contributed by atoms with Crippen LogP contribution in [0.4, 0.5) is 0 Å². The number of ketones is 1. The van der Waals surface area contributed by atoms with Gasteiger partial charge in [-0.2, -0.15) is 0 Å². The topological polar surface area (TPSA) is 66.8 Å². The third kappa shape index (κ3) is 5.33. The van der Waals surface area contributed by atoms with Crippen molar-refractivity contribution in [2.75, 3.05) is 7.11 Å². The minimum absolute atomic E-state index is 0.00804. The molecule has 4 nitrogen and oxygen atoms in total. The van der Waals surface area contributed by atoms with Crippen molar-refractivity contribution in [2.24, 2.45) is 0 Å². The third-order valence-electron chi connectivity index (χ3n) is 3.80. The molecule has 1 atom stereocenters. The largest absolute Gasteiger partial charge is 0.504 e. The van der Waals surface area contributed by atoms with Crippen LogP contribution in [0.15, 0.2) is 54.6 Å². The van der Waals surface area contributed by atoms with Crippen LogP contribution in [0.25, 0.3) is 12.2 Å². The molecule has 0 heterocycles. The number of phenols is 1. The van der Waals surface area contributed by atoms with Gasteiger partial charge in [-0.1, -0.05) is 54.6 Å². The molecule has 2 N–H and O–H groups in total. The van der Waals surface area contributed by atoms with E-state index >= 15 is 0 Å². The van der Waals surface area contributed by atoms with Gasteiger partial charge in [-0.15, -0.1) is 0 Å². The highest BCUT2D eigenvalue weighted by molar-refractivity contribution is 5.94. The summed E-state index contributed by atoms with van der Waals surface area (Å²) in [5.74, 6) is 0.318. The van der Waals surface area contributed by atoms with Crippen molar-refractivity contribution in [3.05, 3.63) is 71.3 Å². The summed E-state index contributed by atoms with van der Waals surface area (Å²) in [5, 5.41) is 19.7. The van der Waals surface area contributed by atoms with E-state index < -0.39 is 6.10 Å². The summed E-state index contributed by atoms with van der Waals surface area (Å²) >= 11 is 0. The molecule has 0 aliphatic carbocycles. The maximum Gasteiger partial charge on any atom is 0.163 e. The van der Waals surface area contributed by atoms with Crippen LogP contribution in [0.5, 0.6) is 11.5 Å². The molecule has 0 bridgehead atoms. The van der Waals surface area contributed by atoms with Crippen molar-refractivity contribution in [3.63, 3.8) is 0 Å². The average Bonchev–Trinajstić information content (AvgIpc) is 2.60. The van der Waals surface area contributed by atoms with Crippen LogP contribution in [0, 0.1) is 6.92 Å². The Hall–Kier alpha value is -2.85. The lowest BCUT2D eigenvalue weighted by atomic mass is 10.0. The summed E-state index contributed by atoms with van der Waals surface area (Å²) in [7, 11) is 1.49. The maximum absolute atomic E-state index is 11.9. The summed E-state index contributed by atoms with van der Waals surface area (Å²) < 4.78 is 5.15. The van der Waals surface area contributed by atoms with E-state index in [1.807, 2.05) is 37.3 Å². The van der Waals surface area contributed by atoms with Gasteiger partial charge < -0.3 is 14.9 Å². The average molecular weight is 338 g/mol. The van der Waals surface area contributed by atoms with Gasteiger partial charge in [0.05, 0.1) is 13.2 Å². The van der Waals surface area contributed by atoms with E-state index in [2.05, 4.69) is 0 Å². The number of phenolic OH excluding ortho intramolecular Hbond substituents is 1. The van der Waals surface area contributed by atoms with E-state index in [0.29, 0.717) is 5.75 Å². The monoisotopic (exact) mass is 338 g/mol. The van der Waals surface area contributed by atoms with Crippen molar-refractivity contribution in [1.29, 1.82) is 0 Å². The number of hydrogen-bond acceptors (Lipinski definition) is 4. The zero-order chi connectivity index (χ0) is 18.2. The van der Waals surface area contributed by atoms with Crippen molar-refractivity contribution >= 4 is 17.9 Å². The summed E-state index contributed by atoms with van der Waals surface area (Å²) in [4.78, 5) is 11.9. The lowest BCUT2D eigenvalue weighted by Crippen LogP contribution is -2.08. The Balaban J connectivity index is 1.98. The zero-order valence-corrected chi connectivity index (χ0v) is 14.3. The third-order valence-corrected chi connectivity index (χ3v) is 3.80. The molecule has 0 spiro atoms. The molecule has 0 aliphatic rings. The SMILES string of the molecule is COc1c(O)ccc(/C=C/C(O)CC(=O)/C=C/c2ccccc2)c1C. The van der Waals surface area contributed by atoms with E-state index in [0.717, 1.165) is 16.7 Å². The van der Waals surface area contributed by atoms with Crippen molar-refractivity contribution in [3.8, 4) is 11.5 Å². The van der Waals surface area contributed by atoms with Gasteiger partial charge in [-0.3, -0.25) is 4.79 Å². The molecule has 0 radical (unpaired) electrons. The van der Waals surface area contributed by atoms with Crippen LogP contribution in [0.1, 0.15) is 23.1 Å². The minimum atomic E-state index is -0.882. The maximum atomic E-state index is 11.9. The number of aliphatic hydroxyl groups excluding tert-OH is 1. The molecule has 1 unspecified atom stereocenters. The Morgan fingerprint density at radius 2 is 1.88 bits per heavy atom. The van der Waals surface area contributed by atoms with Crippen LogP contribution in [0.3, 0.4) is 0 Å². The molecule has 0 saturated carbocycles. The number of carbonyl (C=O) groups excluding carboxylic acids is 1. The molecule has 2 aromatic rings.